The molecule has 0 bridgehead atoms. The van der Waals surface area contributed by atoms with Gasteiger partial charge in [-0.05, 0) is 12.1 Å². The van der Waals surface area contributed by atoms with Crippen LogP contribution < -0.4 is 11.5 Å². The highest BCUT2D eigenvalue weighted by Crippen LogP contribution is 2.27. The number of hydrogen-bond donors (Lipinski definition) is 4. The molecule has 0 aliphatic rings. The molecule has 0 unspecified atom stereocenters. The van der Waals surface area contributed by atoms with Crippen molar-refractivity contribution in [2.45, 2.75) is 4.90 Å². The van der Waals surface area contributed by atoms with E-state index in [2.05, 4.69) is 0 Å². The van der Waals surface area contributed by atoms with Gasteiger partial charge in [0.1, 0.15) is 4.90 Å². The number of nitrogens with two attached hydrogens (primary N) is 2. The number of carboxylic acids is 1. The van der Waals surface area contributed by atoms with Crippen LogP contribution >= 0.6 is 0 Å². The molecule has 0 saturated heterocycles. The highest BCUT2D eigenvalue weighted by atomic mass is 32.2. The molecule has 0 aliphatic heterocycles. The lowest BCUT2D eigenvalue weighted by molar-refractivity contribution is 0.0698. The molecule has 15 heavy (non-hydrogen) atoms. The Morgan fingerprint density at radius 3 is 2.13 bits per heavy atom. The monoisotopic (exact) mass is 232 g/mol. The predicted molar refractivity (Wildman–Crippen MR) is 52.0 cm³/mol. The van der Waals surface area contributed by atoms with Crippen LogP contribution in [0.3, 0.4) is 0 Å². The van der Waals surface area contributed by atoms with Crippen LogP contribution in [0.5, 0.6) is 0 Å². The van der Waals surface area contributed by atoms with Crippen molar-refractivity contribution in [3.63, 3.8) is 0 Å². The molecule has 0 amide bonds. The Bertz CT molecular complexity index is 522. The van der Waals surface area contributed by atoms with Gasteiger partial charge in [-0.3, -0.25) is 4.55 Å². The zero-order valence-corrected chi connectivity index (χ0v) is 8.15. The van der Waals surface area contributed by atoms with E-state index in [1.54, 1.807) is 0 Å². The molecule has 82 valence electrons. The molecule has 1 rings (SSSR count). The van der Waals surface area contributed by atoms with Crippen LogP contribution in [-0.2, 0) is 10.1 Å². The fourth-order valence-electron chi connectivity index (χ4n) is 1.03. The van der Waals surface area contributed by atoms with Gasteiger partial charge in [0.15, 0.2) is 0 Å². The average Bonchev–Trinajstić information content (AvgIpc) is 2.06. The van der Waals surface area contributed by atoms with Gasteiger partial charge >= 0.3 is 5.97 Å². The Morgan fingerprint density at radius 1 is 1.20 bits per heavy atom. The Morgan fingerprint density at radius 2 is 1.73 bits per heavy atom. The summed E-state index contributed by atoms with van der Waals surface area (Å²) in [5.74, 6) is -1.33. The van der Waals surface area contributed by atoms with Gasteiger partial charge in [-0.25, -0.2) is 4.79 Å². The van der Waals surface area contributed by atoms with E-state index in [1.807, 2.05) is 0 Å². The molecule has 0 fully saturated rings. The summed E-state index contributed by atoms with van der Waals surface area (Å²) in [6.45, 7) is 0. The summed E-state index contributed by atoms with van der Waals surface area (Å²) in [5.41, 5.74) is 9.39. The zero-order valence-electron chi connectivity index (χ0n) is 7.34. The third kappa shape index (κ3) is 2.00. The Hall–Kier alpha value is -1.80. The van der Waals surface area contributed by atoms with Crippen LogP contribution in [-0.4, -0.2) is 24.0 Å². The fourth-order valence-corrected chi connectivity index (χ4v) is 1.66. The topological polar surface area (TPSA) is 144 Å². The van der Waals surface area contributed by atoms with Crippen molar-refractivity contribution in [1.29, 1.82) is 0 Å². The van der Waals surface area contributed by atoms with Crippen LogP contribution in [0.2, 0.25) is 0 Å². The smallest absolute Gasteiger partial charge is 0.337 e. The van der Waals surface area contributed by atoms with Gasteiger partial charge < -0.3 is 16.6 Å². The summed E-state index contributed by atoms with van der Waals surface area (Å²) >= 11 is 0. The number of anilines is 2. The number of benzene rings is 1. The highest BCUT2D eigenvalue weighted by Gasteiger charge is 2.19. The molecule has 0 spiro atoms. The molecule has 0 aromatic heterocycles. The van der Waals surface area contributed by atoms with E-state index >= 15 is 0 Å². The largest absolute Gasteiger partial charge is 0.478 e. The molecule has 8 heteroatoms. The van der Waals surface area contributed by atoms with Crippen molar-refractivity contribution in [1.82, 2.24) is 0 Å². The van der Waals surface area contributed by atoms with E-state index in [0.29, 0.717) is 0 Å². The maximum absolute atomic E-state index is 10.8. The number of hydrogen-bond acceptors (Lipinski definition) is 5. The second-order valence-electron chi connectivity index (χ2n) is 2.72. The van der Waals surface area contributed by atoms with Crippen molar-refractivity contribution in [3.05, 3.63) is 17.7 Å². The zero-order chi connectivity index (χ0) is 11.8. The minimum absolute atomic E-state index is 0.320. The van der Waals surface area contributed by atoms with Crippen molar-refractivity contribution in [2.24, 2.45) is 0 Å². The van der Waals surface area contributed by atoms with Crippen LogP contribution in [0.25, 0.3) is 0 Å². The molecule has 0 aliphatic carbocycles. The van der Waals surface area contributed by atoms with Crippen LogP contribution in [0.15, 0.2) is 17.0 Å². The SMILES string of the molecule is Nc1c(C(=O)O)ccc(S(=O)(=O)O)c1N. The quantitative estimate of drug-likeness (QED) is 0.408. The standard InChI is InChI=1S/C7H8N2O5S/c8-5-3(7(10)11)1-2-4(6(5)9)15(12,13)14/h1-2H,8-9H2,(H,10,11)(H,12,13,14). The lowest BCUT2D eigenvalue weighted by Gasteiger charge is -2.07. The summed E-state index contributed by atoms with van der Waals surface area (Å²) in [7, 11) is -4.50. The number of carboxylic acid groups (broad SMARTS) is 1. The van der Waals surface area contributed by atoms with Crippen molar-refractivity contribution in [3.8, 4) is 0 Å². The molecule has 6 N–H and O–H groups in total. The maximum Gasteiger partial charge on any atom is 0.337 e. The number of aromatic carboxylic acids is 1. The first-order chi connectivity index (χ1) is 6.75. The van der Waals surface area contributed by atoms with Crippen molar-refractivity contribution >= 4 is 27.5 Å². The number of carbonyl (C=O) groups is 1. The molecule has 1 aromatic rings. The Balaban J connectivity index is 3.55. The first-order valence-corrected chi connectivity index (χ1v) is 5.08. The van der Waals surface area contributed by atoms with Crippen LogP contribution in [0, 0.1) is 0 Å². The Kier molecular flexibility index (Phi) is 2.56. The molecular weight excluding hydrogens is 224 g/mol. The summed E-state index contributed by atoms with van der Waals surface area (Å²) in [6.07, 6.45) is 0. The average molecular weight is 232 g/mol. The minimum Gasteiger partial charge on any atom is -0.478 e. The minimum atomic E-state index is -4.50. The van der Waals surface area contributed by atoms with Crippen LogP contribution in [0.4, 0.5) is 11.4 Å². The molecule has 0 heterocycles. The summed E-state index contributed by atoms with van der Waals surface area (Å²) in [6, 6.07) is 1.83. The second kappa shape index (κ2) is 3.41. The lowest BCUT2D eigenvalue weighted by atomic mass is 10.1. The third-order valence-electron chi connectivity index (χ3n) is 1.76. The van der Waals surface area contributed by atoms with Gasteiger partial charge in [0, 0.05) is 0 Å². The highest BCUT2D eigenvalue weighted by molar-refractivity contribution is 7.86. The second-order valence-corrected chi connectivity index (χ2v) is 4.11. The molecule has 7 nitrogen and oxygen atoms in total. The maximum atomic E-state index is 10.8. The molecule has 0 atom stereocenters. The summed E-state index contributed by atoms with van der Waals surface area (Å²) < 4.78 is 30.2. The van der Waals surface area contributed by atoms with E-state index in [9.17, 15) is 13.2 Å². The van der Waals surface area contributed by atoms with E-state index in [1.165, 1.54) is 0 Å². The van der Waals surface area contributed by atoms with E-state index in [-0.39, 0.29) is 5.56 Å². The van der Waals surface area contributed by atoms with Gasteiger partial charge in [-0.2, -0.15) is 8.42 Å². The molecule has 0 saturated carbocycles. The first-order valence-electron chi connectivity index (χ1n) is 3.64. The number of rotatable bonds is 2. The van der Waals surface area contributed by atoms with Crippen molar-refractivity contribution < 1.29 is 22.9 Å². The van der Waals surface area contributed by atoms with Gasteiger partial charge in [0.05, 0.1) is 16.9 Å². The normalized spacial score (nSPS) is 11.3. The molecule has 1 aromatic carbocycles. The first kappa shape index (κ1) is 11.3. The molecular formula is C7H8N2O5S. The lowest BCUT2D eigenvalue weighted by Crippen LogP contribution is -2.10. The fraction of sp³-hybridized carbons (Fsp3) is 0. The number of nitrogen functional groups attached to an aromatic ring is 2. The van der Waals surface area contributed by atoms with Gasteiger partial charge in [-0.1, -0.05) is 0 Å². The van der Waals surface area contributed by atoms with Gasteiger partial charge in [0.25, 0.3) is 10.1 Å². The van der Waals surface area contributed by atoms with E-state index < -0.39 is 32.4 Å². The Labute approximate surface area is 85.1 Å². The van der Waals surface area contributed by atoms with E-state index in [0.717, 1.165) is 12.1 Å². The van der Waals surface area contributed by atoms with Crippen molar-refractivity contribution in [2.75, 3.05) is 11.5 Å². The van der Waals surface area contributed by atoms with Gasteiger partial charge in [0.2, 0.25) is 0 Å². The predicted octanol–water partition coefficient (Wildman–Crippen LogP) is -0.204. The molecule has 0 radical (unpaired) electrons. The van der Waals surface area contributed by atoms with Crippen LogP contribution in [0.1, 0.15) is 10.4 Å². The summed E-state index contributed by atoms with van der Waals surface area (Å²) in [5, 5.41) is 8.64. The third-order valence-corrected chi connectivity index (χ3v) is 2.67. The van der Waals surface area contributed by atoms with E-state index in [4.69, 9.17) is 21.1 Å². The summed E-state index contributed by atoms with van der Waals surface area (Å²) in [4.78, 5) is 9.98. The van der Waals surface area contributed by atoms with Gasteiger partial charge in [-0.15, -0.1) is 0 Å².